The minimum absolute atomic E-state index is 0.713. The van der Waals surface area contributed by atoms with Crippen molar-refractivity contribution in [2.24, 2.45) is 5.92 Å². The van der Waals surface area contributed by atoms with Gasteiger partial charge in [-0.2, -0.15) is 0 Å². The number of likely N-dealkylation sites (N-methyl/N-ethyl adjacent to an activating group) is 1. The molecule has 2 rings (SSSR count). The van der Waals surface area contributed by atoms with E-state index in [2.05, 4.69) is 36.0 Å². The highest BCUT2D eigenvalue weighted by molar-refractivity contribution is 4.83. The molecule has 0 bridgehead atoms. The summed E-state index contributed by atoms with van der Waals surface area (Å²) in [5.74, 6) is 0.935. The molecule has 0 saturated carbocycles. The zero-order chi connectivity index (χ0) is 11.5. The Bertz CT molecular complexity index is 201. The molecule has 1 N–H and O–H groups in total. The first kappa shape index (κ1) is 12.3. The van der Waals surface area contributed by atoms with Crippen LogP contribution in [0.15, 0.2) is 0 Å². The number of hydrogen-bond donors (Lipinski definition) is 1. The second-order valence-corrected chi connectivity index (χ2v) is 5.77. The van der Waals surface area contributed by atoms with Crippen molar-refractivity contribution in [2.45, 2.75) is 38.8 Å². The number of hydrogen-bond acceptors (Lipinski definition) is 3. The van der Waals surface area contributed by atoms with E-state index < -0.39 is 0 Å². The zero-order valence-corrected chi connectivity index (χ0v) is 11.1. The van der Waals surface area contributed by atoms with E-state index in [4.69, 9.17) is 0 Å². The molecular formula is C13H27N3. The number of nitrogens with one attached hydrogen (secondary N) is 1. The Labute approximate surface area is 100 Å². The van der Waals surface area contributed by atoms with E-state index in [9.17, 15) is 0 Å². The lowest BCUT2D eigenvalue weighted by Gasteiger charge is -2.42. The van der Waals surface area contributed by atoms with Gasteiger partial charge in [0.1, 0.15) is 0 Å². The van der Waals surface area contributed by atoms with Gasteiger partial charge in [0.05, 0.1) is 0 Å². The maximum atomic E-state index is 3.46. The molecule has 2 saturated heterocycles. The van der Waals surface area contributed by atoms with Crippen molar-refractivity contribution < 1.29 is 0 Å². The van der Waals surface area contributed by atoms with Gasteiger partial charge >= 0.3 is 0 Å². The van der Waals surface area contributed by atoms with Crippen LogP contribution in [-0.2, 0) is 0 Å². The summed E-state index contributed by atoms with van der Waals surface area (Å²) in [5.41, 5.74) is 0. The molecule has 0 radical (unpaired) electrons. The highest BCUT2D eigenvalue weighted by Gasteiger charge is 2.26. The van der Waals surface area contributed by atoms with E-state index in [-0.39, 0.29) is 0 Å². The molecule has 0 aromatic carbocycles. The molecule has 16 heavy (non-hydrogen) atoms. The highest BCUT2D eigenvalue weighted by atomic mass is 15.3. The molecule has 3 atom stereocenters. The first-order valence-electron chi connectivity index (χ1n) is 6.82. The van der Waals surface area contributed by atoms with E-state index in [0.29, 0.717) is 12.1 Å². The van der Waals surface area contributed by atoms with Gasteiger partial charge in [-0.05, 0) is 59.3 Å². The van der Waals surface area contributed by atoms with Gasteiger partial charge in [0.15, 0.2) is 0 Å². The van der Waals surface area contributed by atoms with Crippen LogP contribution >= 0.6 is 0 Å². The lowest BCUT2D eigenvalue weighted by molar-refractivity contribution is 0.0572. The van der Waals surface area contributed by atoms with Crippen LogP contribution in [0.1, 0.15) is 26.7 Å². The van der Waals surface area contributed by atoms with Crippen LogP contribution < -0.4 is 5.32 Å². The Morgan fingerprint density at radius 3 is 2.44 bits per heavy atom. The Kier molecular flexibility index (Phi) is 4.22. The lowest BCUT2D eigenvalue weighted by atomic mass is 10.0. The number of piperazine rings is 1. The quantitative estimate of drug-likeness (QED) is 0.773. The van der Waals surface area contributed by atoms with Crippen molar-refractivity contribution in [1.82, 2.24) is 15.1 Å². The summed E-state index contributed by atoms with van der Waals surface area (Å²) >= 11 is 0. The summed E-state index contributed by atoms with van der Waals surface area (Å²) in [6.45, 7) is 11.0. The molecule has 0 aliphatic carbocycles. The van der Waals surface area contributed by atoms with Crippen LogP contribution in [0.2, 0.25) is 0 Å². The minimum atomic E-state index is 0.713. The fraction of sp³-hybridized carbons (Fsp3) is 1.00. The second kappa shape index (κ2) is 5.48. The van der Waals surface area contributed by atoms with Crippen molar-refractivity contribution in [3.05, 3.63) is 0 Å². The van der Waals surface area contributed by atoms with Crippen LogP contribution in [0.5, 0.6) is 0 Å². The molecule has 2 fully saturated rings. The predicted octanol–water partition coefficient (Wildman–Crippen LogP) is 1.01. The zero-order valence-electron chi connectivity index (χ0n) is 11.1. The van der Waals surface area contributed by atoms with Crippen molar-refractivity contribution in [1.29, 1.82) is 0 Å². The first-order chi connectivity index (χ1) is 7.66. The van der Waals surface area contributed by atoms with E-state index >= 15 is 0 Å². The normalized spacial score (nSPS) is 38.1. The Morgan fingerprint density at radius 2 is 1.88 bits per heavy atom. The van der Waals surface area contributed by atoms with Crippen molar-refractivity contribution >= 4 is 0 Å². The molecular weight excluding hydrogens is 198 g/mol. The number of nitrogens with zero attached hydrogens (tertiary/aromatic N) is 2. The van der Waals surface area contributed by atoms with Crippen LogP contribution in [0.3, 0.4) is 0 Å². The summed E-state index contributed by atoms with van der Waals surface area (Å²) in [6, 6.07) is 1.43. The Morgan fingerprint density at radius 1 is 1.19 bits per heavy atom. The standard InChI is InChI=1S/C13H27N3/c1-11-9-16(10-12(2)15(11)3)7-5-13-4-6-14-8-13/h11-14H,4-10H2,1-3H3. The molecule has 0 aromatic rings. The summed E-state index contributed by atoms with van der Waals surface area (Å²) in [7, 11) is 2.26. The van der Waals surface area contributed by atoms with Crippen molar-refractivity contribution in [3.63, 3.8) is 0 Å². The van der Waals surface area contributed by atoms with E-state index in [1.165, 1.54) is 45.6 Å². The van der Waals surface area contributed by atoms with Gasteiger partial charge in [0.2, 0.25) is 0 Å². The van der Waals surface area contributed by atoms with E-state index in [1.54, 1.807) is 0 Å². The molecule has 3 heteroatoms. The van der Waals surface area contributed by atoms with Gasteiger partial charge in [-0.1, -0.05) is 0 Å². The first-order valence-corrected chi connectivity index (χ1v) is 6.82. The van der Waals surface area contributed by atoms with E-state index in [1.807, 2.05) is 0 Å². The molecule has 2 aliphatic rings. The van der Waals surface area contributed by atoms with Crippen molar-refractivity contribution in [2.75, 3.05) is 39.8 Å². The SMILES string of the molecule is CC1CN(CCC2CCNC2)CC(C)N1C. The maximum Gasteiger partial charge on any atom is 0.0195 e. The largest absolute Gasteiger partial charge is 0.316 e. The van der Waals surface area contributed by atoms with Gasteiger partial charge in [0, 0.05) is 25.2 Å². The summed E-state index contributed by atoms with van der Waals surface area (Å²) < 4.78 is 0. The van der Waals surface area contributed by atoms with Gasteiger partial charge in [0.25, 0.3) is 0 Å². The van der Waals surface area contributed by atoms with Crippen LogP contribution in [0, 0.1) is 5.92 Å². The van der Waals surface area contributed by atoms with Gasteiger partial charge < -0.3 is 10.2 Å². The maximum absolute atomic E-state index is 3.46. The monoisotopic (exact) mass is 225 g/mol. The molecule has 0 spiro atoms. The smallest absolute Gasteiger partial charge is 0.0195 e. The Hall–Kier alpha value is -0.120. The summed E-state index contributed by atoms with van der Waals surface area (Å²) in [4.78, 5) is 5.17. The molecule has 0 amide bonds. The molecule has 2 aliphatic heterocycles. The number of rotatable bonds is 3. The third-order valence-electron chi connectivity index (χ3n) is 4.45. The fourth-order valence-corrected chi connectivity index (χ4v) is 3.02. The predicted molar refractivity (Wildman–Crippen MR) is 68.7 cm³/mol. The Balaban J connectivity index is 1.73. The van der Waals surface area contributed by atoms with Crippen LogP contribution in [-0.4, -0.2) is 61.7 Å². The highest BCUT2D eigenvalue weighted by Crippen LogP contribution is 2.17. The van der Waals surface area contributed by atoms with Crippen molar-refractivity contribution in [3.8, 4) is 0 Å². The summed E-state index contributed by atoms with van der Waals surface area (Å²) in [5, 5.41) is 3.46. The topological polar surface area (TPSA) is 18.5 Å². The molecule has 94 valence electrons. The summed E-state index contributed by atoms with van der Waals surface area (Å²) in [6.07, 6.45) is 2.77. The van der Waals surface area contributed by atoms with Crippen LogP contribution in [0.25, 0.3) is 0 Å². The molecule has 3 nitrogen and oxygen atoms in total. The lowest BCUT2D eigenvalue weighted by Crippen LogP contribution is -2.55. The van der Waals surface area contributed by atoms with Gasteiger partial charge in [-0.25, -0.2) is 0 Å². The average molecular weight is 225 g/mol. The molecule has 0 aromatic heterocycles. The molecule has 3 unspecified atom stereocenters. The van der Waals surface area contributed by atoms with Gasteiger partial charge in [-0.15, -0.1) is 0 Å². The molecule has 2 heterocycles. The average Bonchev–Trinajstić information content (AvgIpc) is 2.75. The minimum Gasteiger partial charge on any atom is -0.316 e. The third kappa shape index (κ3) is 2.96. The van der Waals surface area contributed by atoms with E-state index in [0.717, 1.165) is 5.92 Å². The van der Waals surface area contributed by atoms with Crippen LogP contribution in [0.4, 0.5) is 0 Å². The third-order valence-corrected chi connectivity index (χ3v) is 4.45. The second-order valence-electron chi connectivity index (χ2n) is 5.77. The van der Waals surface area contributed by atoms with Gasteiger partial charge in [-0.3, -0.25) is 4.90 Å². The fourth-order valence-electron chi connectivity index (χ4n) is 3.02.